The highest BCUT2D eigenvalue weighted by Crippen LogP contribution is 2.33. The van der Waals surface area contributed by atoms with Crippen LogP contribution in [0.1, 0.15) is 11.1 Å². The fourth-order valence-corrected chi connectivity index (χ4v) is 1.77. The maximum Gasteiger partial charge on any atom is 0.419 e. The van der Waals surface area contributed by atoms with Crippen LogP contribution in [-0.2, 0) is 12.7 Å². The summed E-state index contributed by atoms with van der Waals surface area (Å²) >= 11 is 0. The monoisotopic (exact) mass is 301 g/mol. The highest BCUT2D eigenvalue weighted by atomic mass is 19.4. The van der Waals surface area contributed by atoms with Crippen molar-refractivity contribution in [3.8, 4) is 11.5 Å². The molecule has 0 heterocycles. The Hall–Kier alpha value is -2.44. The van der Waals surface area contributed by atoms with E-state index in [9.17, 15) is 27.8 Å². The lowest BCUT2D eigenvalue weighted by molar-refractivity contribution is -0.139. The Labute approximate surface area is 117 Å². The van der Waals surface area contributed by atoms with Crippen molar-refractivity contribution >= 4 is 5.69 Å². The summed E-state index contributed by atoms with van der Waals surface area (Å²) in [5, 5.41) is 21.5. The first-order chi connectivity index (χ1) is 9.79. The number of para-hydroxylation sites is 1. The van der Waals surface area contributed by atoms with Crippen molar-refractivity contribution < 1.29 is 27.8 Å². The largest absolute Gasteiger partial charge is 0.504 e. The smallest absolute Gasteiger partial charge is 0.419 e. The molecule has 0 aliphatic rings. The molecular weight excluding hydrogens is 290 g/mol. The van der Waals surface area contributed by atoms with Gasteiger partial charge < -0.3 is 15.5 Å². The summed E-state index contributed by atoms with van der Waals surface area (Å²) in [5.41, 5.74) is -1.02. The molecule has 0 fully saturated rings. The SMILES string of the molecule is Oc1cccc(CNc2ccc(F)c(C(F)(F)F)c2)c1O. The van der Waals surface area contributed by atoms with E-state index in [4.69, 9.17) is 0 Å². The maximum atomic E-state index is 13.1. The van der Waals surface area contributed by atoms with Gasteiger partial charge in [0.05, 0.1) is 5.56 Å². The summed E-state index contributed by atoms with van der Waals surface area (Å²) in [6, 6.07) is 6.78. The van der Waals surface area contributed by atoms with Gasteiger partial charge in [0.25, 0.3) is 0 Å². The minimum absolute atomic E-state index is 0.0246. The number of halogens is 4. The third-order valence-electron chi connectivity index (χ3n) is 2.85. The molecule has 3 N–H and O–H groups in total. The Kier molecular flexibility index (Phi) is 3.93. The van der Waals surface area contributed by atoms with E-state index in [1.165, 1.54) is 18.2 Å². The Morgan fingerprint density at radius 1 is 1.05 bits per heavy atom. The van der Waals surface area contributed by atoms with Crippen LogP contribution in [0, 0.1) is 5.82 Å². The lowest BCUT2D eigenvalue weighted by Gasteiger charge is -2.12. The molecule has 0 radical (unpaired) electrons. The van der Waals surface area contributed by atoms with Gasteiger partial charge in [-0.1, -0.05) is 12.1 Å². The second-order valence-electron chi connectivity index (χ2n) is 4.33. The van der Waals surface area contributed by atoms with E-state index < -0.39 is 17.6 Å². The first kappa shape index (κ1) is 15.0. The van der Waals surface area contributed by atoms with Crippen molar-refractivity contribution in [1.82, 2.24) is 0 Å². The van der Waals surface area contributed by atoms with Crippen LogP contribution in [0.2, 0.25) is 0 Å². The minimum Gasteiger partial charge on any atom is -0.504 e. The van der Waals surface area contributed by atoms with E-state index in [0.29, 0.717) is 17.7 Å². The van der Waals surface area contributed by atoms with Crippen molar-refractivity contribution in [2.75, 3.05) is 5.32 Å². The molecular formula is C14H11F4NO2. The second-order valence-corrected chi connectivity index (χ2v) is 4.33. The van der Waals surface area contributed by atoms with Crippen LogP contribution in [0.25, 0.3) is 0 Å². The predicted molar refractivity (Wildman–Crippen MR) is 68.5 cm³/mol. The molecule has 3 nitrogen and oxygen atoms in total. The average Bonchev–Trinajstić information content (AvgIpc) is 2.40. The molecule has 0 bridgehead atoms. The molecule has 2 aromatic carbocycles. The van der Waals surface area contributed by atoms with Crippen molar-refractivity contribution in [3.05, 3.63) is 53.3 Å². The van der Waals surface area contributed by atoms with Crippen LogP contribution in [0.3, 0.4) is 0 Å². The summed E-state index contributed by atoms with van der Waals surface area (Å²) in [7, 11) is 0. The molecule has 0 unspecified atom stereocenters. The number of alkyl halides is 3. The Morgan fingerprint density at radius 3 is 2.43 bits per heavy atom. The fourth-order valence-electron chi connectivity index (χ4n) is 1.77. The van der Waals surface area contributed by atoms with Crippen LogP contribution in [0.15, 0.2) is 36.4 Å². The van der Waals surface area contributed by atoms with Gasteiger partial charge in [-0.15, -0.1) is 0 Å². The van der Waals surface area contributed by atoms with Gasteiger partial charge in [0.2, 0.25) is 0 Å². The maximum absolute atomic E-state index is 13.1. The van der Waals surface area contributed by atoms with E-state index in [-0.39, 0.29) is 23.7 Å². The van der Waals surface area contributed by atoms with E-state index in [0.717, 1.165) is 6.07 Å². The van der Waals surface area contributed by atoms with Gasteiger partial charge in [-0.25, -0.2) is 4.39 Å². The first-order valence-corrected chi connectivity index (χ1v) is 5.89. The average molecular weight is 301 g/mol. The number of benzene rings is 2. The van der Waals surface area contributed by atoms with Crippen LogP contribution in [0.4, 0.5) is 23.2 Å². The van der Waals surface area contributed by atoms with Crippen molar-refractivity contribution in [2.45, 2.75) is 12.7 Å². The van der Waals surface area contributed by atoms with Gasteiger partial charge in [0.15, 0.2) is 11.5 Å². The molecule has 0 aliphatic carbocycles. The van der Waals surface area contributed by atoms with Crippen LogP contribution >= 0.6 is 0 Å². The lowest BCUT2D eigenvalue weighted by Crippen LogP contribution is -2.09. The zero-order valence-electron chi connectivity index (χ0n) is 10.6. The van der Waals surface area contributed by atoms with Gasteiger partial charge in [-0.2, -0.15) is 13.2 Å². The summed E-state index contributed by atoms with van der Waals surface area (Å²) < 4.78 is 50.8. The van der Waals surface area contributed by atoms with Crippen molar-refractivity contribution in [3.63, 3.8) is 0 Å². The van der Waals surface area contributed by atoms with E-state index in [1.54, 1.807) is 0 Å². The van der Waals surface area contributed by atoms with Crippen molar-refractivity contribution in [2.24, 2.45) is 0 Å². The predicted octanol–water partition coefficient (Wildman–Crippen LogP) is 3.87. The summed E-state index contributed by atoms with van der Waals surface area (Å²) in [6.07, 6.45) is -4.78. The van der Waals surface area contributed by atoms with Crippen LogP contribution < -0.4 is 5.32 Å². The molecule has 0 saturated heterocycles. The minimum atomic E-state index is -4.78. The topological polar surface area (TPSA) is 52.5 Å². The molecule has 0 saturated carbocycles. The number of aromatic hydroxyl groups is 2. The lowest BCUT2D eigenvalue weighted by atomic mass is 10.1. The molecule has 0 aromatic heterocycles. The second kappa shape index (κ2) is 5.51. The molecule has 112 valence electrons. The fraction of sp³-hybridized carbons (Fsp3) is 0.143. The third kappa shape index (κ3) is 3.36. The van der Waals surface area contributed by atoms with E-state index in [1.807, 2.05) is 0 Å². The summed E-state index contributed by atoms with van der Waals surface area (Å²) in [6.45, 7) is -0.0246. The highest BCUT2D eigenvalue weighted by Gasteiger charge is 2.34. The van der Waals surface area contributed by atoms with E-state index in [2.05, 4.69) is 5.32 Å². The molecule has 0 atom stereocenters. The molecule has 2 aromatic rings. The van der Waals surface area contributed by atoms with Gasteiger partial charge in [0, 0.05) is 17.8 Å². The number of hydrogen-bond acceptors (Lipinski definition) is 3. The molecule has 0 spiro atoms. The van der Waals surface area contributed by atoms with Crippen LogP contribution in [0.5, 0.6) is 11.5 Å². The highest BCUT2D eigenvalue weighted by molar-refractivity contribution is 5.50. The molecule has 21 heavy (non-hydrogen) atoms. The number of phenolic OH excluding ortho intramolecular Hbond substituents is 2. The molecule has 7 heteroatoms. The quantitative estimate of drug-likeness (QED) is 0.596. The standard InChI is InChI=1S/C14H11F4NO2/c15-11-5-4-9(6-10(11)14(16,17)18)19-7-8-2-1-3-12(20)13(8)21/h1-6,19-21H,7H2. The Balaban J connectivity index is 2.19. The molecule has 2 rings (SSSR count). The number of anilines is 1. The number of rotatable bonds is 3. The third-order valence-corrected chi connectivity index (χ3v) is 2.85. The summed E-state index contributed by atoms with van der Waals surface area (Å²) in [5.74, 6) is -2.04. The van der Waals surface area contributed by atoms with Gasteiger partial charge >= 0.3 is 6.18 Å². The molecule has 0 aliphatic heterocycles. The van der Waals surface area contributed by atoms with Crippen LogP contribution in [-0.4, -0.2) is 10.2 Å². The zero-order valence-corrected chi connectivity index (χ0v) is 10.6. The summed E-state index contributed by atoms with van der Waals surface area (Å²) in [4.78, 5) is 0. The zero-order chi connectivity index (χ0) is 15.6. The Bertz CT molecular complexity index is 656. The number of nitrogens with one attached hydrogen (secondary N) is 1. The van der Waals surface area contributed by atoms with Gasteiger partial charge in [-0.3, -0.25) is 0 Å². The normalized spacial score (nSPS) is 11.4. The van der Waals surface area contributed by atoms with Gasteiger partial charge in [0.1, 0.15) is 5.82 Å². The number of hydrogen-bond donors (Lipinski definition) is 3. The van der Waals surface area contributed by atoms with Gasteiger partial charge in [-0.05, 0) is 24.3 Å². The Morgan fingerprint density at radius 2 is 1.76 bits per heavy atom. The molecule has 0 amide bonds. The first-order valence-electron chi connectivity index (χ1n) is 5.89. The number of phenols is 2. The van der Waals surface area contributed by atoms with E-state index >= 15 is 0 Å². The van der Waals surface area contributed by atoms with Crippen molar-refractivity contribution in [1.29, 1.82) is 0 Å².